The van der Waals surface area contributed by atoms with Gasteiger partial charge in [-0.2, -0.15) is 13.8 Å². The number of carbonyl (C=O) groups excluding carboxylic acids is 1. The lowest BCUT2D eigenvalue weighted by Gasteiger charge is -2.19. The Morgan fingerprint density at radius 3 is 2.52 bits per heavy atom. The van der Waals surface area contributed by atoms with Crippen LogP contribution in [0.1, 0.15) is 5.69 Å². The van der Waals surface area contributed by atoms with Crippen LogP contribution >= 0.6 is 11.6 Å². The van der Waals surface area contributed by atoms with Gasteiger partial charge in [0.2, 0.25) is 5.88 Å². The average molecular weight is 393 g/mol. The molecule has 2 aromatic rings. The van der Waals surface area contributed by atoms with Crippen LogP contribution in [-0.2, 0) is 10.0 Å². The number of amides is 2. The number of alkyl halides is 2. The van der Waals surface area contributed by atoms with Crippen molar-refractivity contribution in [3.8, 4) is 5.88 Å². The Kier molecular flexibility index (Phi) is 5.38. The molecular weight excluding hydrogens is 382 g/mol. The molecule has 1 heterocycles. The molecule has 0 bridgehead atoms. The zero-order chi connectivity index (χ0) is 18.8. The quantitative estimate of drug-likeness (QED) is 0.834. The number of nitrogens with two attached hydrogens (primary N) is 1. The van der Waals surface area contributed by atoms with Gasteiger partial charge in [-0.3, -0.25) is 0 Å². The highest BCUT2D eigenvalue weighted by Gasteiger charge is 2.34. The van der Waals surface area contributed by atoms with Gasteiger partial charge in [-0.15, -0.1) is 4.31 Å². The smallest absolute Gasteiger partial charge is 0.388 e. The summed E-state index contributed by atoms with van der Waals surface area (Å²) < 4.78 is 54.3. The zero-order valence-corrected chi connectivity index (χ0v) is 14.1. The molecule has 0 radical (unpaired) electrons. The molecule has 0 aliphatic carbocycles. The van der Waals surface area contributed by atoms with E-state index in [2.05, 4.69) is 14.7 Å². The van der Waals surface area contributed by atoms with Crippen molar-refractivity contribution in [1.29, 1.82) is 0 Å². The summed E-state index contributed by atoms with van der Waals surface area (Å²) in [5.74, 6) is -1.37. The molecule has 0 aliphatic rings. The van der Waals surface area contributed by atoms with Crippen molar-refractivity contribution in [2.24, 2.45) is 5.73 Å². The fourth-order valence-electron chi connectivity index (χ4n) is 1.84. The van der Waals surface area contributed by atoms with Crippen molar-refractivity contribution in [3.05, 3.63) is 41.0 Å². The van der Waals surface area contributed by atoms with Crippen LogP contribution in [0.25, 0.3) is 0 Å². The highest BCUT2D eigenvalue weighted by Crippen LogP contribution is 2.27. The van der Waals surface area contributed by atoms with Crippen molar-refractivity contribution in [1.82, 2.24) is 9.97 Å². The number of ether oxygens (including phenoxy) is 1. The number of halogens is 3. The van der Waals surface area contributed by atoms with Gasteiger partial charge in [0.05, 0.1) is 5.02 Å². The van der Waals surface area contributed by atoms with E-state index in [-0.39, 0.29) is 15.0 Å². The minimum absolute atomic E-state index is 0.0551. The monoisotopic (exact) mass is 392 g/mol. The van der Waals surface area contributed by atoms with Crippen LogP contribution in [0.2, 0.25) is 5.02 Å². The Morgan fingerprint density at radius 2 is 1.96 bits per heavy atom. The largest absolute Gasteiger partial charge is 0.417 e. The van der Waals surface area contributed by atoms with E-state index in [0.29, 0.717) is 0 Å². The summed E-state index contributed by atoms with van der Waals surface area (Å²) in [6, 6.07) is 4.87. The number of anilines is 1. The number of sulfonamides is 1. The number of nitrogens with zero attached hydrogens (tertiary/aromatic N) is 3. The number of primary amides is 1. The SMILES string of the molecule is Cc1cc(OC(F)F)nc(N(C(N)=O)S(=O)(=O)c2ccccc2Cl)n1. The number of hydrogen-bond acceptors (Lipinski definition) is 6. The van der Waals surface area contributed by atoms with Gasteiger partial charge >= 0.3 is 12.6 Å². The van der Waals surface area contributed by atoms with Gasteiger partial charge in [-0.25, -0.2) is 18.2 Å². The lowest BCUT2D eigenvalue weighted by molar-refractivity contribution is -0.0528. The molecule has 25 heavy (non-hydrogen) atoms. The standard InChI is InChI=1S/C13H11ClF2N4O4S/c1-7-6-10(24-11(15)16)19-13(18-7)20(12(17)21)25(22,23)9-5-3-2-4-8(9)14/h2-6,11H,1H3,(H2,17,21). The van der Waals surface area contributed by atoms with Crippen molar-refractivity contribution in [2.45, 2.75) is 18.4 Å². The molecule has 0 spiro atoms. The number of hydrogen-bond donors (Lipinski definition) is 1. The normalized spacial score (nSPS) is 11.4. The molecular formula is C13H11ClF2N4O4S. The maximum absolute atomic E-state index is 12.7. The Hall–Kier alpha value is -2.53. The van der Waals surface area contributed by atoms with Gasteiger partial charge in [0.25, 0.3) is 16.0 Å². The van der Waals surface area contributed by atoms with Crippen molar-refractivity contribution >= 4 is 33.6 Å². The van der Waals surface area contributed by atoms with E-state index < -0.39 is 39.4 Å². The molecule has 0 fully saturated rings. The Balaban J connectivity index is 2.61. The second kappa shape index (κ2) is 7.15. The molecule has 2 amide bonds. The maximum Gasteiger partial charge on any atom is 0.388 e. The molecule has 0 aliphatic heterocycles. The van der Waals surface area contributed by atoms with E-state index in [1.54, 1.807) is 0 Å². The molecule has 12 heteroatoms. The van der Waals surface area contributed by atoms with Gasteiger partial charge in [-0.05, 0) is 19.1 Å². The van der Waals surface area contributed by atoms with Crippen molar-refractivity contribution in [2.75, 3.05) is 4.31 Å². The summed E-state index contributed by atoms with van der Waals surface area (Å²) >= 11 is 5.85. The van der Waals surface area contributed by atoms with Crippen LogP contribution in [-0.4, -0.2) is 31.0 Å². The first-order chi connectivity index (χ1) is 11.6. The highest BCUT2D eigenvalue weighted by atomic mass is 35.5. The second-order valence-corrected chi connectivity index (χ2v) is 6.73. The van der Waals surface area contributed by atoms with Gasteiger partial charge in [0.15, 0.2) is 0 Å². The molecule has 0 saturated carbocycles. The van der Waals surface area contributed by atoms with Gasteiger partial charge in [0.1, 0.15) is 4.90 Å². The average Bonchev–Trinajstić information content (AvgIpc) is 2.45. The highest BCUT2D eigenvalue weighted by molar-refractivity contribution is 7.93. The second-order valence-electron chi connectivity index (χ2n) is 4.56. The van der Waals surface area contributed by atoms with Gasteiger partial charge < -0.3 is 10.5 Å². The molecule has 0 atom stereocenters. The third-order valence-corrected chi connectivity index (χ3v) is 4.94. The number of benzene rings is 1. The van der Waals surface area contributed by atoms with Gasteiger partial charge in [0, 0.05) is 11.8 Å². The molecule has 1 aromatic heterocycles. The number of aryl methyl sites for hydroxylation is 1. The molecule has 2 N–H and O–H groups in total. The van der Waals surface area contributed by atoms with E-state index in [9.17, 15) is 22.0 Å². The predicted molar refractivity (Wildman–Crippen MR) is 84.1 cm³/mol. The maximum atomic E-state index is 12.7. The Morgan fingerprint density at radius 1 is 1.32 bits per heavy atom. The van der Waals surface area contributed by atoms with Crippen LogP contribution in [0.4, 0.5) is 19.5 Å². The summed E-state index contributed by atoms with van der Waals surface area (Å²) in [5, 5.41) is -0.176. The van der Waals surface area contributed by atoms with E-state index in [1.165, 1.54) is 25.1 Å². The first kappa shape index (κ1) is 18.8. The van der Waals surface area contributed by atoms with E-state index >= 15 is 0 Å². The molecule has 1 aromatic carbocycles. The number of carbonyl (C=O) groups is 1. The van der Waals surface area contributed by atoms with Crippen LogP contribution in [0.3, 0.4) is 0 Å². The third kappa shape index (κ3) is 4.12. The summed E-state index contributed by atoms with van der Waals surface area (Å²) in [4.78, 5) is 18.6. The van der Waals surface area contributed by atoms with Crippen LogP contribution in [0.5, 0.6) is 5.88 Å². The lowest BCUT2D eigenvalue weighted by atomic mass is 10.4. The van der Waals surface area contributed by atoms with Crippen LogP contribution in [0.15, 0.2) is 35.2 Å². The van der Waals surface area contributed by atoms with Crippen molar-refractivity contribution < 1.29 is 26.7 Å². The number of aromatic nitrogens is 2. The molecule has 2 rings (SSSR count). The Bertz CT molecular complexity index is 911. The van der Waals surface area contributed by atoms with Gasteiger partial charge in [-0.1, -0.05) is 23.7 Å². The lowest BCUT2D eigenvalue weighted by Crippen LogP contribution is -2.42. The summed E-state index contributed by atoms with van der Waals surface area (Å²) in [5.41, 5.74) is 5.21. The molecule has 0 unspecified atom stereocenters. The fourth-order valence-corrected chi connectivity index (χ4v) is 3.57. The fraction of sp³-hybridized carbons (Fsp3) is 0.154. The predicted octanol–water partition coefficient (Wildman–Crippen LogP) is 2.31. The van der Waals surface area contributed by atoms with Crippen LogP contribution < -0.4 is 14.8 Å². The Labute approximate surface area is 146 Å². The van der Waals surface area contributed by atoms with Crippen molar-refractivity contribution in [3.63, 3.8) is 0 Å². The van der Waals surface area contributed by atoms with E-state index in [1.807, 2.05) is 0 Å². The number of rotatable bonds is 5. The third-order valence-electron chi connectivity index (χ3n) is 2.77. The first-order valence-corrected chi connectivity index (χ1v) is 8.34. The summed E-state index contributed by atoms with van der Waals surface area (Å²) in [6.45, 7) is -1.84. The molecule has 8 nitrogen and oxygen atoms in total. The molecule has 0 saturated heterocycles. The zero-order valence-electron chi connectivity index (χ0n) is 12.6. The minimum atomic E-state index is -4.59. The topological polar surface area (TPSA) is 115 Å². The minimum Gasteiger partial charge on any atom is -0.417 e. The van der Waals surface area contributed by atoms with E-state index in [0.717, 1.165) is 12.1 Å². The summed E-state index contributed by atoms with van der Waals surface area (Å²) in [7, 11) is -4.59. The van der Waals surface area contributed by atoms with Crippen LogP contribution in [0, 0.1) is 6.92 Å². The summed E-state index contributed by atoms with van der Waals surface area (Å²) in [6.07, 6.45) is 0. The first-order valence-electron chi connectivity index (χ1n) is 6.52. The van der Waals surface area contributed by atoms with E-state index in [4.69, 9.17) is 17.3 Å². The molecule has 134 valence electrons. The number of urea groups is 1.